The lowest BCUT2D eigenvalue weighted by atomic mass is 9.96. The van der Waals surface area contributed by atoms with E-state index in [-0.39, 0.29) is 31.4 Å². The molecular formula is C40H37N3O6. The van der Waals surface area contributed by atoms with Gasteiger partial charge in [0.25, 0.3) is 11.8 Å². The molecule has 0 fully saturated rings. The molecule has 49 heavy (non-hydrogen) atoms. The van der Waals surface area contributed by atoms with Crippen LogP contribution < -0.4 is 20.1 Å². The number of carbonyl (C=O) groups excluding carboxylic acids is 2. The maximum Gasteiger partial charge on any atom is 0.348 e. The highest BCUT2D eigenvalue weighted by Gasteiger charge is 2.36. The van der Waals surface area contributed by atoms with Crippen LogP contribution in [0.1, 0.15) is 58.5 Å². The summed E-state index contributed by atoms with van der Waals surface area (Å²) in [6.07, 6.45) is 1.90. The number of nitrogens with one attached hydrogen (secondary N) is 2. The van der Waals surface area contributed by atoms with Crippen LogP contribution in [0.25, 0.3) is 21.7 Å². The molecule has 4 bridgehead atoms. The van der Waals surface area contributed by atoms with Gasteiger partial charge in [0.05, 0.1) is 12.1 Å². The largest absolute Gasteiger partial charge is 0.492 e. The number of aromatic nitrogens is 1. The molecule has 9 heteroatoms. The molecule has 6 aromatic rings. The number of carbonyl (C=O) groups is 3. The summed E-state index contributed by atoms with van der Waals surface area (Å²) in [4.78, 5) is 42.3. The summed E-state index contributed by atoms with van der Waals surface area (Å²) in [6.45, 7) is 6.26. The summed E-state index contributed by atoms with van der Waals surface area (Å²) in [5.74, 6) is -0.123. The fraction of sp³-hybridized carbons (Fsp3) is 0.200. The van der Waals surface area contributed by atoms with Crippen molar-refractivity contribution in [2.24, 2.45) is 0 Å². The Morgan fingerprint density at radius 2 is 1.51 bits per heavy atom. The van der Waals surface area contributed by atoms with Crippen molar-refractivity contribution in [3.8, 4) is 11.5 Å². The highest BCUT2D eigenvalue weighted by Crippen LogP contribution is 2.28. The van der Waals surface area contributed by atoms with Gasteiger partial charge < -0.3 is 25.2 Å². The Balaban J connectivity index is 0.966. The van der Waals surface area contributed by atoms with Crippen LogP contribution in [0, 0.1) is 0 Å². The second kappa shape index (κ2) is 14.0. The molecule has 0 aliphatic heterocycles. The van der Waals surface area contributed by atoms with Crippen molar-refractivity contribution in [1.29, 1.82) is 0 Å². The van der Waals surface area contributed by atoms with E-state index >= 15 is 0 Å². The second-order valence-electron chi connectivity index (χ2n) is 12.5. The molecule has 1 unspecified atom stereocenters. The first-order valence-corrected chi connectivity index (χ1v) is 16.1. The maximum absolute atomic E-state index is 13.1. The standard InChI is InChI=1S/C40H37N3O6/c1-25(2)27-8-15-33(16-9-27)49-40(3,39(46)47)24-26-4-13-32(14-5-26)48-21-20-42-37(44)28-6-11-31(12-7-28)43-38(45)34-17-10-29-22-35(34)36-23-30(29)18-19-41-36/h4-19,22-23,25H,20-21,24H2,1-3H3,(H,42,44)(H,43,45)(H,46,47). The zero-order valence-electron chi connectivity index (χ0n) is 27.5. The third-order valence-electron chi connectivity index (χ3n) is 8.50. The molecule has 1 atom stereocenters. The SMILES string of the molecule is CC(C)c1ccc(OC(C)(Cc2ccc(OCCNC(=O)c3ccc(NC(=O)c4ccc5cc4c4cc5ccn4)cc3)cc2)C(=O)O)cc1. The molecule has 0 spiro atoms. The fourth-order valence-electron chi connectivity index (χ4n) is 5.66. The zero-order chi connectivity index (χ0) is 34.5. The molecule has 5 aromatic carbocycles. The zero-order valence-corrected chi connectivity index (χ0v) is 27.5. The summed E-state index contributed by atoms with van der Waals surface area (Å²) in [6, 6.07) is 30.9. The van der Waals surface area contributed by atoms with Gasteiger partial charge in [-0.3, -0.25) is 14.6 Å². The van der Waals surface area contributed by atoms with Gasteiger partial charge in [-0.2, -0.15) is 0 Å². The fourth-order valence-corrected chi connectivity index (χ4v) is 5.66. The Kier molecular flexibility index (Phi) is 9.44. The van der Waals surface area contributed by atoms with E-state index < -0.39 is 11.6 Å². The number of fused-ring (bicyclic) bond motifs is 6. The van der Waals surface area contributed by atoms with Gasteiger partial charge in [-0.05, 0) is 108 Å². The highest BCUT2D eigenvalue weighted by atomic mass is 16.5. The minimum Gasteiger partial charge on any atom is -0.492 e. The number of aliphatic carboxylic acids is 1. The van der Waals surface area contributed by atoms with Gasteiger partial charge in [0.2, 0.25) is 5.60 Å². The van der Waals surface area contributed by atoms with E-state index in [4.69, 9.17) is 9.47 Å². The number of benzene rings is 5. The number of anilines is 1. The molecule has 1 aromatic heterocycles. The lowest BCUT2D eigenvalue weighted by Gasteiger charge is -2.27. The van der Waals surface area contributed by atoms with Gasteiger partial charge in [0, 0.05) is 34.8 Å². The van der Waals surface area contributed by atoms with Crippen LogP contribution in [-0.2, 0) is 11.2 Å². The normalized spacial score (nSPS) is 12.5. The molecular weight excluding hydrogens is 618 g/mol. The van der Waals surface area contributed by atoms with Gasteiger partial charge in [0.15, 0.2) is 0 Å². The van der Waals surface area contributed by atoms with Crippen molar-refractivity contribution >= 4 is 45.1 Å². The van der Waals surface area contributed by atoms with E-state index in [9.17, 15) is 19.5 Å². The number of pyridine rings is 1. The van der Waals surface area contributed by atoms with Gasteiger partial charge in [-0.25, -0.2) is 4.79 Å². The number of rotatable bonds is 13. The second-order valence-corrected chi connectivity index (χ2v) is 12.5. The van der Waals surface area contributed by atoms with E-state index in [1.165, 1.54) is 0 Å². The number of ether oxygens (including phenoxy) is 2. The van der Waals surface area contributed by atoms with E-state index in [0.717, 1.165) is 32.8 Å². The predicted molar refractivity (Wildman–Crippen MR) is 190 cm³/mol. The molecule has 0 saturated heterocycles. The Hall–Kier alpha value is -5.96. The summed E-state index contributed by atoms with van der Waals surface area (Å²) >= 11 is 0. The Morgan fingerprint density at radius 3 is 2.20 bits per heavy atom. The quantitative estimate of drug-likeness (QED) is 0.110. The molecule has 248 valence electrons. The molecule has 0 radical (unpaired) electrons. The first kappa shape index (κ1) is 33.0. The highest BCUT2D eigenvalue weighted by molar-refractivity contribution is 6.15. The lowest BCUT2D eigenvalue weighted by molar-refractivity contribution is -0.153. The molecule has 1 heterocycles. The van der Waals surface area contributed by atoms with Crippen LogP contribution in [0.15, 0.2) is 109 Å². The van der Waals surface area contributed by atoms with Crippen LogP contribution >= 0.6 is 0 Å². The van der Waals surface area contributed by atoms with E-state index in [1.807, 2.05) is 36.4 Å². The topological polar surface area (TPSA) is 127 Å². The van der Waals surface area contributed by atoms with Crippen molar-refractivity contribution < 1.29 is 29.0 Å². The van der Waals surface area contributed by atoms with Crippen LogP contribution in [0.3, 0.4) is 0 Å². The molecule has 0 aliphatic rings. The Bertz CT molecular complexity index is 2090. The minimum atomic E-state index is -1.46. The molecule has 0 aliphatic carbocycles. The average Bonchev–Trinajstić information content (AvgIpc) is 3.10. The number of nitrogens with zero attached hydrogens (tertiary/aromatic N) is 1. The van der Waals surface area contributed by atoms with Crippen molar-refractivity contribution in [1.82, 2.24) is 10.3 Å². The van der Waals surface area contributed by atoms with Crippen LogP contribution in [0.4, 0.5) is 5.69 Å². The average molecular weight is 656 g/mol. The summed E-state index contributed by atoms with van der Waals surface area (Å²) in [5, 5.41) is 18.6. The first-order valence-electron chi connectivity index (χ1n) is 16.1. The molecule has 6 rings (SSSR count). The minimum absolute atomic E-state index is 0.160. The van der Waals surface area contributed by atoms with Crippen LogP contribution in [-0.4, -0.2) is 46.6 Å². The number of carboxylic acids is 1. The van der Waals surface area contributed by atoms with Gasteiger partial charge in [-0.15, -0.1) is 0 Å². The van der Waals surface area contributed by atoms with Gasteiger partial charge >= 0.3 is 5.97 Å². The Labute approximate surface area is 284 Å². The molecule has 2 amide bonds. The van der Waals surface area contributed by atoms with E-state index in [0.29, 0.717) is 34.2 Å². The Morgan fingerprint density at radius 1 is 0.816 bits per heavy atom. The molecule has 9 nitrogen and oxygen atoms in total. The summed E-state index contributed by atoms with van der Waals surface area (Å²) in [7, 11) is 0. The predicted octanol–water partition coefficient (Wildman–Crippen LogP) is 7.48. The van der Waals surface area contributed by atoms with Crippen LogP contribution in [0.2, 0.25) is 0 Å². The van der Waals surface area contributed by atoms with Crippen molar-refractivity contribution in [3.05, 3.63) is 132 Å². The molecule has 0 saturated carbocycles. The van der Waals surface area contributed by atoms with Crippen LogP contribution in [0.5, 0.6) is 11.5 Å². The van der Waals surface area contributed by atoms with E-state index in [2.05, 4.69) is 29.5 Å². The smallest absolute Gasteiger partial charge is 0.348 e. The van der Waals surface area contributed by atoms with Gasteiger partial charge in [0.1, 0.15) is 18.1 Å². The maximum atomic E-state index is 13.1. The third-order valence-corrected chi connectivity index (χ3v) is 8.50. The number of hydrogen-bond acceptors (Lipinski definition) is 6. The summed E-state index contributed by atoms with van der Waals surface area (Å²) < 4.78 is 11.7. The number of hydrogen-bond donors (Lipinski definition) is 3. The number of amides is 2. The van der Waals surface area contributed by atoms with Crippen molar-refractivity contribution in [3.63, 3.8) is 0 Å². The van der Waals surface area contributed by atoms with Crippen molar-refractivity contribution in [2.75, 3.05) is 18.5 Å². The third kappa shape index (κ3) is 7.62. The summed E-state index contributed by atoms with van der Waals surface area (Å²) in [5.41, 5.74) is 2.78. The monoisotopic (exact) mass is 655 g/mol. The first-order chi connectivity index (χ1) is 23.6. The van der Waals surface area contributed by atoms with Crippen molar-refractivity contribution in [2.45, 2.75) is 38.7 Å². The van der Waals surface area contributed by atoms with Gasteiger partial charge in [-0.1, -0.05) is 44.2 Å². The van der Waals surface area contributed by atoms with E-state index in [1.54, 1.807) is 79.9 Å². The number of carboxylic acid groups (broad SMARTS) is 1. The lowest BCUT2D eigenvalue weighted by Crippen LogP contribution is -2.43. The molecule has 3 N–H and O–H groups in total.